The van der Waals surface area contributed by atoms with Gasteiger partial charge in [-0.3, -0.25) is 4.79 Å². The van der Waals surface area contributed by atoms with E-state index in [9.17, 15) is 4.79 Å². The summed E-state index contributed by atoms with van der Waals surface area (Å²) in [5.74, 6) is 0.949. The van der Waals surface area contributed by atoms with Crippen molar-refractivity contribution in [3.05, 3.63) is 23.4 Å². The van der Waals surface area contributed by atoms with Gasteiger partial charge in [0.2, 0.25) is 5.91 Å². The number of amides is 1. The summed E-state index contributed by atoms with van der Waals surface area (Å²) in [5.41, 5.74) is 5.53. The largest absolute Gasteiger partial charge is 0.381 e. The van der Waals surface area contributed by atoms with Crippen LogP contribution in [0.5, 0.6) is 0 Å². The molecule has 0 aromatic carbocycles. The minimum atomic E-state index is -0.751. The number of ether oxygens (including phenoxy) is 1. The van der Waals surface area contributed by atoms with Crippen molar-refractivity contribution in [2.75, 3.05) is 44.3 Å². The van der Waals surface area contributed by atoms with Gasteiger partial charge in [-0.15, -0.1) is 24.8 Å². The molecule has 0 atom stereocenters. The molecular formula is C15H23Cl3N4O2. The number of piperazine rings is 1. The number of carbonyl (C=O) groups is 1. The van der Waals surface area contributed by atoms with E-state index < -0.39 is 5.54 Å². The molecule has 1 aromatic rings. The van der Waals surface area contributed by atoms with E-state index in [2.05, 4.69) is 9.88 Å². The summed E-state index contributed by atoms with van der Waals surface area (Å²) in [6, 6.07) is 3.74. The van der Waals surface area contributed by atoms with Gasteiger partial charge in [0.1, 0.15) is 5.82 Å². The molecule has 3 heterocycles. The van der Waals surface area contributed by atoms with Crippen molar-refractivity contribution in [1.29, 1.82) is 0 Å². The lowest BCUT2D eigenvalue weighted by atomic mass is 9.89. The lowest BCUT2D eigenvalue weighted by Gasteiger charge is -2.41. The lowest BCUT2D eigenvalue weighted by molar-refractivity contribution is -0.140. The summed E-state index contributed by atoms with van der Waals surface area (Å²) in [7, 11) is 0. The van der Waals surface area contributed by atoms with Crippen molar-refractivity contribution in [2.45, 2.75) is 18.4 Å². The summed E-state index contributed by atoms with van der Waals surface area (Å²) in [4.78, 5) is 21.0. The number of hydrogen-bond donors (Lipinski definition) is 1. The highest BCUT2D eigenvalue weighted by atomic mass is 35.5. The molecule has 9 heteroatoms. The quantitative estimate of drug-likeness (QED) is 0.823. The predicted molar refractivity (Wildman–Crippen MR) is 99.5 cm³/mol. The molecule has 0 spiro atoms. The first-order valence-electron chi connectivity index (χ1n) is 7.61. The maximum atomic E-state index is 12.7. The Balaban J connectivity index is 0.00000144. The van der Waals surface area contributed by atoms with E-state index in [0.29, 0.717) is 44.2 Å². The molecule has 136 valence electrons. The van der Waals surface area contributed by atoms with Crippen LogP contribution in [0.25, 0.3) is 0 Å². The normalized spacial score (nSPS) is 19.9. The first-order chi connectivity index (χ1) is 10.6. The number of halogens is 3. The van der Waals surface area contributed by atoms with Crippen LogP contribution in [0, 0.1) is 0 Å². The summed E-state index contributed by atoms with van der Waals surface area (Å²) < 4.78 is 5.31. The third kappa shape index (κ3) is 4.64. The van der Waals surface area contributed by atoms with Crippen molar-refractivity contribution in [3.63, 3.8) is 0 Å². The molecule has 0 aliphatic carbocycles. The summed E-state index contributed by atoms with van der Waals surface area (Å²) in [6.07, 6.45) is 2.85. The van der Waals surface area contributed by atoms with E-state index in [1.807, 2.05) is 17.0 Å². The molecule has 6 nitrogen and oxygen atoms in total. The molecule has 24 heavy (non-hydrogen) atoms. The molecule has 2 fully saturated rings. The average molecular weight is 398 g/mol. The first kappa shape index (κ1) is 21.3. The van der Waals surface area contributed by atoms with Crippen molar-refractivity contribution < 1.29 is 9.53 Å². The van der Waals surface area contributed by atoms with Gasteiger partial charge in [0.25, 0.3) is 0 Å². The highest BCUT2D eigenvalue weighted by Crippen LogP contribution is 2.22. The number of anilines is 1. The zero-order chi connectivity index (χ0) is 15.6. The summed E-state index contributed by atoms with van der Waals surface area (Å²) in [5, 5.41) is 0.627. The maximum absolute atomic E-state index is 12.7. The summed E-state index contributed by atoms with van der Waals surface area (Å²) >= 11 is 5.86. The van der Waals surface area contributed by atoms with E-state index >= 15 is 0 Å². The number of pyridine rings is 1. The average Bonchev–Trinajstić information content (AvgIpc) is 2.56. The van der Waals surface area contributed by atoms with Gasteiger partial charge in [0, 0.05) is 45.6 Å². The standard InChI is InChI=1S/C15H21ClN4O2.2ClH/c16-12-1-2-13(18-11-12)19-5-7-20(8-6-19)14(21)15(17)3-9-22-10-4-15;;/h1-2,11H,3-10,17H2;2*1H. The molecule has 2 aliphatic rings. The number of hydrogen-bond acceptors (Lipinski definition) is 5. The number of rotatable bonds is 2. The van der Waals surface area contributed by atoms with Crippen LogP contribution < -0.4 is 10.6 Å². The van der Waals surface area contributed by atoms with Gasteiger partial charge in [-0.25, -0.2) is 4.98 Å². The minimum absolute atomic E-state index is 0. The van der Waals surface area contributed by atoms with Gasteiger partial charge < -0.3 is 20.3 Å². The van der Waals surface area contributed by atoms with Gasteiger partial charge in [-0.2, -0.15) is 0 Å². The molecule has 0 saturated carbocycles. The molecule has 2 saturated heterocycles. The maximum Gasteiger partial charge on any atom is 0.242 e. The van der Waals surface area contributed by atoms with E-state index in [1.54, 1.807) is 6.20 Å². The van der Waals surface area contributed by atoms with Crippen molar-refractivity contribution in [2.24, 2.45) is 5.73 Å². The Morgan fingerprint density at radius 2 is 1.79 bits per heavy atom. The molecule has 3 rings (SSSR count). The van der Waals surface area contributed by atoms with Gasteiger partial charge in [-0.1, -0.05) is 11.6 Å². The fourth-order valence-corrected chi connectivity index (χ4v) is 3.07. The Hall–Kier alpha value is -0.790. The Bertz CT molecular complexity index is 530. The second kappa shape index (κ2) is 9.06. The lowest BCUT2D eigenvalue weighted by Crippen LogP contribution is -2.61. The van der Waals surface area contributed by atoms with Crippen molar-refractivity contribution in [3.8, 4) is 0 Å². The van der Waals surface area contributed by atoms with E-state index in [0.717, 1.165) is 18.9 Å². The third-order valence-corrected chi connectivity index (χ3v) is 4.64. The van der Waals surface area contributed by atoms with Crippen LogP contribution in [-0.4, -0.2) is 60.7 Å². The van der Waals surface area contributed by atoms with Gasteiger partial charge in [-0.05, 0) is 25.0 Å². The fourth-order valence-electron chi connectivity index (χ4n) is 2.96. The molecule has 0 radical (unpaired) electrons. The Morgan fingerprint density at radius 3 is 2.33 bits per heavy atom. The van der Waals surface area contributed by atoms with E-state index in [1.165, 1.54) is 0 Å². The van der Waals surface area contributed by atoms with Gasteiger partial charge in [0.05, 0.1) is 10.6 Å². The van der Waals surface area contributed by atoms with Crippen molar-refractivity contribution >= 4 is 48.1 Å². The van der Waals surface area contributed by atoms with Crippen LogP contribution in [0.15, 0.2) is 18.3 Å². The Morgan fingerprint density at radius 1 is 1.17 bits per heavy atom. The van der Waals surface area contributed by atoms with Crippen LogP contribution in [0.1, 0.15) is 12.8 Å². The SMILES string of the molecule is Cl.Cl.NC1(C(=O)N2CCN(c3ccc(Cl)cn3)CC2)CCOCC1. The van der Waals surface area contributed by atoms with Crippen LogP contribution in [0.4, 0.5) is 5.82 Å². The second-order valence-corrected chi connectivity index (χ2v) is 6.32. The summed E-state index contributed by atoms with van der Waals surface area (Å²) in [6.45, 7) is 3.99. The van der Waals surface area contributed by atoms with Crippen LogP contribution in [0.3, 0.4) is 0 Å². The molecule has 2 N–H and O–H groups in total. The minimum Gasteiger partial charge on any atom is -0.381 e. The van der Waals surface area contributed by atoms with Crippen LogP contribution in [-0.2, 0) is 9.53 Å². The topological polar surface area (TPSA) is 71.7 Å². The van der Waals surface area contributed by atoms with Crippen LogP contribution in [0.2, 0.25) is 5.02 Å². The molecule has 1 amide bonds. The first-order valence-corrected chi connectivity index (χ1v) is 7.99. The fraction of sp³-hybridized carbons (Fsp3) is 0.600. The highest BCUT2D eigenvalue weighted by molar-refractivity contribution is 6.30. The zero-order valence-electron chi connectivity index (χ0n) is 13.3. The van der Waals surface area contributed by atoms with E-state index in [-0.39, 0.29) is 30.7 Å². The number of aromatic nitrogens is 1. The molecule has 0 unspecified atom stereocenters. The van der Waals surface area contributed by atoms with E-state index in [4.69, 9.17) is 22.1 Å². The molecular weight excluding hydrogens is 375 g/mol. The Labute approximate surface area is 159 Å². The predicted octanol–water partition coefficient (Wildman–Crippen LogP) is 1.74. The number of nitrogens with zero attached hydrogens (tertiary/aromatic N) is 3. The number of nitrogens with two attached hydrogens (primary N) is 1. The number of carbonyl (C=O) groups excluding carboxylic acids is 1. The van der Waals surface area contributed by atoms with Crippen LogP contribution >= 0.6 is 36.4 Å². The zero-order valence-corrected chi connectivity index (χ0v) is 15.7. The van der Waals surface area contributed by atoms with Gasteiger partial charge in [0.15, 0.2) is 0 Å². The van der Waals surface area contributed by atoms with Gasteiger partial charge >= 0.3 is 0 Å². The Kier molecular flexibility index (Phi) is 8.02. The molecule has 1 aromatic heterocycles. The monoisotopic (exact) mass is 396 g/mol. The highest BCUT2D eigenvalue weighted by Gasteiger charge is 2.39. The molecule has 2 aliphatic heterocycles. The van der Waals surface area contributed by atoms with Crippen molar-refractivity contribution in [1.82, 2.24) is 9.88 Å². The molecule has 0 bridgehead atoms. The second-order valence-electron chi connectivity index (χ2n) is 5.88. The smallest absolute Gasteiger partial charge is 0.242 e. The third-order valence-electron chi connectivity index (χ3n) is 4.41.